The van der Waals surface area contributed by atoms with E-state index in [9.17, 15) is 9.59 Å². The summed E-state index contributed by atoms with van der Waals surface area (Å²) in [7, 11) is 0. The largest absolute Gasteiger partial charge is 0.447 e. The Bertz CT molecular complexity index is 622. The Morgan fingerprint density at radius 2 is 1.75 bits per heavy atom. The van der Waals surface area contributed by atoms with E-state index in [0.29, 0.717) is 12.2 Å². The molecule has 0 saturated carbocycles. The van der Waals surface area contributed by atoms with Gasteiger partial charge in [-0.05, 0) is 29.8 Å². The maximum atomic E-state index is 11.9. The summed E-state index contributed by atoms with van der Waals surface area (Å²) in [5.74, 6) is 0. The molecule has 1 aliphatic heterocycles. The Morgan fingerprint density at radius 1 is 1.05 bits per heavy atom. The van der Waals surface area contributed by atoms with Crippen molar-refractivity contribution in [2.24, 2.45) is 0 Å². The smallest absolute Gasteiger partial charge is 0.415 e. The fourth-order valence-electron chi connectivity index (χ4n) is 2.34. The Kier molecular flexibility index (Phi) is 3.21. The third-order valence-electron chi connectivity index (χ3n) is 3.36. The van der Waals surface area contributed by atoms with Crippen LogP contribution in [0.1, 0.15) is 22.0 Å². The van der Waals surface area contributed by atoms with E-state index < -0.39 is 0 Å². The number of carbonyl (C=O) groups excluding carboxylic acids is 2. The minimum absolute atomic E-state index is 0.134. The first-order valence-electron chi connectivity index (χ1n) is 6.36. The van der Waals surface area contributed by atoms with Gasteiger partial charge >= 0.3 is 6.09 Å². The highest BCUT2D eigenvalue weighted by molar-refractivity contribution is 5.91. The minimum Gasteiger partial charge on any atom is -0.447 e. The first-order valence-corrected chi connectivity index (χ1v) is 6.36. The van der Waals surface area contributed by atoms with Crippen molar-refractivity contribution in [1.29, 1.82) is 0 Å². The Morgan fingerprint density at radius 3 is 2.40 bits per heavy atom. The topological polar surface area (TPSA) is 46.6 Å². The molecular weight excluding hydrogens is 254 g/mol. The molecule has 0 aliphatic carbocycles. The highest BCUT2D eigenvalue weighted by Gasteiger charge is 2.35. The van der Waals surface area contributed by atoms with Gasteiger partial charge in [0.25, 0.3) is 0 Å². The van der Waals surface area contributed by atoms with Crippen molar-refractivity contribution in [2.45, 2.75) is 6.04 Å². The predicted molar refractivity (Wildman–Crippen MR) is 74.8 cm³/mol. The van der Waals surface area contributed by atoms with E-state index in [0.717, 1.165) is 17.5 Å². The molecule has 1 aliphatic rings. The monoisotopic (exact) mass is 267 g/mol. The van der Waals surface area contributed by atoms with Crippen molar-refractivity contribution in [3.05, 3.63) is 65.7 Å². The predicted octanol–water partition coefficient (Wildman–Crippen LogP) is 3.20. The van der Waals surface area contributed by atoms with Gasteiger partial charge in [0.1, 0.15) is 12.9 Å². The van der Waals surface area contributed by atoms with Crippen LogP contribution in [0.25, 0.3) is 0 Å². The SMILES string of the molecule is O=Cc1ccc(N2C(=O)OC[C@@H]2c2ccccc2)cc1. The Hall–Kier alpha value is -2.62. The van der Waals surface area contributed by atoms with Crippen LogP contribution in [0.4, 0.5) is 10.5 Å². The van der Waals surface area contributed by atoms with Crippen LogP contribution in [-0.4, -0.2) is 19.0 Å². The zero-order valence-electron chi connectivity index (χ0n) is 10.7. The van der Waals surface area contributed by atoms with Crippen molar-refractivity contribution >= 4 is 18.1 Å². The lowest BCUT2D eigenvalue weighted by Gasteiger charge is -2.21. The molecule has 1 amide bonds. The van der Waals surface area contributed by atoms with E-state index in [1.54, 1.807) is 29.2 Å². The third kappa shape index (κ3) is 2.16. The molecule has 0 bridgehead atoms. The van der Waals surface area contributed by atoms with Gasteiger partial charge in [0.15, 0.2) is 0 Å². The van der Waals surface area contributed by atoms with Crippen molar-refractivity contribution in [1.82, 2.24) is 0 Å². The average molecular weight is 267 g/mol. The summed E-state index contributed by atoms with van der Waals surface area (Å²) < 4.78 is 5.16. The minimum atomic E-state index is -0.363. The third-order valence-corrected chi connectivity index (χ3v) is 3.36. The normalized spacial score (nSPS) is 17.9. The maximum Gasteiger partial charge on any atom is 0.415 e. The number of aldehydes is 1. The van der Waals surface area contributed by atoms with Gasteiger partial charge in [0.05, 0.1) is 6.04 Å². The van der Waals surface area contributed by atoms with Gasteiger partial charge in [-0.25, -0.2) is 4.79 Å². The molecule has 20 heavy (non-hydrogen) atoms. The van der Waals surface area contributed by atoms with Gasteiger partial charge in [-0.3, -0.25) is 9.69 Å². The van der Waals surface area contributed by atoms with Crippen LogP contribution in [0.3, 0.4) is 0 Å². The molecule has 0 radical (unpaired) electrons. The number of cyclic esters (lactones) is 1. The molecule has 0 aromatic heterocycles. The summed E-state index contributed by atoms with van der Waals surface area (Å²) >= 11 is 0. The lowest BCUT2D eigenvalue weighted by atomic mass is 10.1. The van der Waals surface area contributed by atoms with Gasteiger partial charge in [-0.15, -0.1) is 0 Å². The van der Waals surface area contributed by atoms with Gasteiger partial charge in [-0.1, -0.05) is 30.3 Å². The number of rotatable bonds is 3. The molecule has 0 spiro atoms. The number of benzene rings is 2. The quantitative estimate of drug-likeness (QED) is 0.802. The zero-order chi connectivity index (χ0) is 13.9. The highest BCUT2D eigenvalue weighted by atomic mass is 16.6. The number of anilines is 1. The standard InChI is InChI=1S/C16H13NO3/c18-10-12-6-8-14(9-7-12)17-15(11-20-16(17)19)13-4-2-1-3-5-13/h1-10,15H,11H2/t15-/m1/s1. The van der Waals surface area contributed by atoms with Gasteiger partial charge in [0, 0.05) is 11.3 Å². The van der Waals surface area contributed by atoms with E-state index >= 15 is 0 Å². The van der Waals surface area contributed by atoms with Crippen LogP contribution in [-0.2, 0) is 4.74 Å². The summed E-state index contributed by atoms with van der Waals surface area (Å²) in [6.07, 6.45) is 0.415. The van der Waals surface area contributed by atoms with E-state index in [1.165, 1.54) is 0 Å². The molecule has 4 heteroatoms. The zero-order valence-corrected chi connectivity index (χ0v) is 10.7. The summed E-state index contributed by atoms with van der Waals surface area (Å²) in [4.78, 5) is 24.2. The van der Waals surface area contributed by atoms with Crippen LogP contribution in [0.15, 0.2) is 54.6 Å². The van der Waals surface area contributed by atoms with Crippen molar-refractivity contribution in [2.75, 3.05) is 11.5 Å². The van der Waals surface area contributed by atoms with E-state index in [4.69, 9.17) is 4.74 Å². The molecule has 1 atom stereocenters. The fraction of sp³-hybridized carbons (Fsp3) is 0.125. The van der Waals surface area contributed by atoms with Crippen molar-refractivity contribution in [3.63, 3.8) is 0 Å². The molecular formula is C16H13NO3. The average Bonchev–Trinajstić information content (AvgIpc) is 2.90. The molecule has 1 saturated heterocycles. The Balaban J connectivity index is 1.96. The fourth-order valence-corrected chi connectivity index (χ4v) is 2.34. The van der Waals surface area contributed by atoms with Gasteiger partial charge in [-0.2, -0.15) is 0 Å². The molecule has 1 fully saturated rings. The number of hydrogen-bond acceptors (Lipinski definition) is 3. The second-order valence-electron chi connectivity index (χ2n) is 4.58. The molecule has 2 aromatic rings. The van der Waals surface area contributed by atoms with Crippen LogP contribution < -0.4 is 4.90 Å². The van der Waals surface area contributed by atoms with Crippen LogP contribution >= 0.6 is 0 Å². The molecule has 0 unspecified atom stereocenters. The van der Waals surface area contributed by atoms with Gasteiger partial charge < -0.3 is 4.74 Å². The number of amides is 1. The molecule has 4 nitrogen and oxygen atoms in total. The van der Waals surface area contributed by atoms with Gasteiger partial charge in [0.2, 0.25) is 0 Å². The lowest BCUT2D eigenvalue weighted by Crippen LogP contribution is -2.27. The molecule has 100 valence electrons. The second-order valence-corrected chi connectivity index (χ2v) is 4.58. The number of ether oxygens (including phenoxy) is 1. The second kappa shape index (κ2) is 5.17. The van der Waals surface area contributed by atoms with Crippen LogP contribution in [0, 0.1) is 0 Å². The van der Waals surface area contributed by atoms with Crippen molar-refractivity contribution in [3.8, 4) is 0 Å². The molecule has 0 N–H and O–H groups in total. The summed E-state index contributed by atoms with van der Waals surface area (Å²) in [5, 5.41) is 0. The summed E-state index contributed by atoms with van der Waals surface area (Å²) in [6.45, 7) is 0.332. The van der Waals surface area contributed by atoms with Crippen LogP contribution in [0.5, 0.6) is 0 Å². The first-order chi connectivity index (χ1) is 9.79. The Labute approximate surface area is 116 Å². The van der Waals surface area contributed by atoms with Crippen molar-refractivity contribution < 1.29 is 14.3 Å². The highest BCUT2D eigenvalue weighted by Crippen LogP contribution is 2.32. The molecule has 1 heterocycles. The summed E-state index contributed by atoms with van der Waals surface area (Å²) in [5.41, 5.74) is 2.34. The maximum absolute atomic E-state index is 11.9. The van der Waals surface area contributed by atoms with E-state index in [2.05, 4.69) is 0 Å². The van der Waals surface area contributed by atoms with E-state index in [-0.39, 0.29) is 12.1 Å². The first kappa shape index (κ1) is 12.4. The number of carbonyl (C=O) groups is 2. The van der Waals surface area contributed by atoms with E-state index in [1.807, 2.05) is 30.3 Å². The lowest BCUT2D eigenvalue weighted by molar-refractivity contribution is 0.112. The number of nitrogens with zero attached hydrogens (tertiary/aromatic N) is 1. The van der Waals surface area contributed by atoms with Crippen LogP contribution in [0.2, 0.25) is 0 Å². The molecule has 2 aromatic carbocycles. The number of hydrogen-bond donors (Lipinski definition) is 0. The molecule has 3 rings (SSSR count). The summed E-state index contributed by atoms with van der Waals surface area (Å²) in [6, 6.07) is 16.5.